The summed E-state index contributed by atoms with van der Waals surface area (Å²) in [6.45, 7) is 4.32. The summed E-state index contributed by atoms with van der Waals surface area (Å²) in [6, 6.07) is 4.22. The topological polar surface area (TPSA) is 21.3 Å². The van der Waals surface area contributed by atoms with Crippen LogP contribution in [0.1, 0.15) is 30.7 Å². The van der Waals surface area contributed by atoms with Gasteiger partial charge in [0.15, 0.2) is 0 Å². The molecule has 1 aromatic rings. The number of hydrogen-bond acceptors (Lipinski definition) is 3. The van der Waals surface area contributed by atoms with Crippen LogP contribution in [0.5, 0.6) is 0 Å². The SMILES string of the molecule is CC(OC1CCNCC1)c1ccc(Br)s1. The molecule has 2 nitrogen and oxygen atoms in total. The molecule has 0 saturated carbocycles. The van der Waals surface area contributed by atoms with E-state index in [1.165, 1.54) is 8.66 Å². The molecule has 1 atom stereocenters. The number of nitrogens with one attached hydrogen (secondary N) is 1. The van der Waals surface area contributed by atoms with E-state index in [9.17, 15) is 0 Å². The lowest BCUT2D eigenvalue weighted by Crippen LogP contribution is -2.32. The lowest BCUT2D eigenvalue weighted by molar-refractivity contribution is -0.0169. The predicted molar refractivity (Wildman–Crippen MR) is 67.4 cm³/mol. The third-order valence-corrected chi connectivity index (χ3v) is 4.46. The van der Waals surface area contributed by atoms with Gasteiger partial charge in [0.2, 0.25) is 0 Å². The fourth-order valence-electron chi connectivity index (χ4n) is 1.83. The van der Waals surface area contributed by atoms with Gasteiger partial charge in [-0.3, -0.25) is 0 Å². The van der Waals surface area contributed by atoms with Gasteiger partial charge in [-0.2, -0.15) is 0 Å². The van der Waals surface area contributed by atoms with E-state index >= 15 is 0 Å². The molecule has 2 heterocycles. The number of halogens is 1. The third-order valence-electron chi connectivity index (χ3n) is 2.68. The molecule has 1 aliphatic heterocycles. The van der Waals surface area contributed by atoms with Gasteiger partial charge < -0.3 is 10.1 Å². The van der Waals surface area contributed by atoms with Crippen LogP contribution in [-0.4, -0.2) is 19.2 Å². The smallest absolute Gasteiger partial charge is 0.0892 e. The number of piperidine rings is 1. The van der Waals surface area contributed by atoms with Crippen molar-refractivity contribution < 1.29 is 4.74 Å². The summed E-state index contributed by atoms with van der Waals surface area (Å²) in [5.74, 6) is 0. The average Bonchev–Trinajstić information content (AvgIpc) is 2.66. The van der Waals surface area contributed by atoms with Crippen LogP contribution in [0.2, 0.25) is 0 Å². The van der Waals surface area contributed by atoms with E-state index in [2.05, 4.69) is 40.3 Å². The Bertz CT molecular complexity index is 309. The second-order valence-corrected chi connectivity index (χ2v) is 6.36. The number of hydrogen-bond donors (Lipinski definition) is 1. The number of thiophene rings is 1. The van der Waals surface area contributed by atoms with Crippen LogP contribution in [0.15, 0.2) is 15.9 Å². The minimum absolute atomic E-state index is 0.226. The molecule has 0 aromatic carbocycles. The van der Waals surface area contributed by atoms with Crippen molar-refractivity contribution in [2.45, 2.75) is 32.0 Å². The maximum absolute atomic E-state index is 6.04. The normalized spacial score (nSPS) is 20.4. The first-order valence-electron chi connectivity index (χ1n) is 5.37. The summed E-state index contributed by atoms with van der Waals surface area (Å²) in [7, 11) is 0. The van der Waals surface area contributed by atoms with Gasteiger partial charge >= 0.3 is 0 Å². The standard InChI is InChI=1S/C11H16BrNOS/c1-8(10-2-3-11(12)15-10)14-9-4-6-13-7-5-9/h2-3,8-9,13H,4-7H2,1H3. The van der Waals surface area contributed by atoms with E-state index in [4.69, 9.17) is 4.74 Å². The fourth-order valence-corrected chi connectivity index (χ4v) is 3.25. The van der Waals surface area contributed by atoms with Crippen molar-refractivity contribution in [3.63, 3.8) is 0 Å². The molecule has 1 unspecified atom stereocenters. The molecular formula is C11H16BrNOS. The second-order valence-electron chi connectivity index (χ2n) is 3.87. The van der Waals surface area contributed by atoms with Crippen LogP contribution in [0.3, 0.4) is 0 Å². The lowest BCUT2D eigenvalue weighted by atomic mass is 10.1. The third kappa shape index (κ3) is 3.28. The minimum Gasteiger partial charge on any atom is -0.370 e. The van der Waals surface area contributed by atoms with Crippen LogP contribution < -0.4 is 5.32 Å². The Morgan fingerprint density at radius 3 is 2.80 bits per heavy atom. The van der Waals surface area contributed by atoms with E-state index in [1.54, 1.807) is 11.3 Å². The van der Waals surface area contributed by atoms with Crippen LogP contribution in [0.4, 0.5) is 0 Å². The number of ether oxygens (including phenoxy) is 1. The van der Waals surface area contributed by atoms with Crippen molar-refractivity contribution in [3.8, 4) is 0 Å². The van der Waals surface area contributed by atoms with E-state index in [1.807, 2.05) is 0 Å². The molecule has 15 heavy (non-hydrogen) atoms. The summed E-state index contributed by atoms with van der Waals surface area (Å²) in [6.07, 6.45) is 2.93. The highest BCUT2D eigenvalue weighted by Crippen LogP contribution is 2.30. The lowest BCUT2D eigenvalue weighted by Gasteiger charge is -2.25. The van der Waals surface area contributed by atoms with Crippen molar-refractivity contribution in [3.05, 3.63) is 20.8 Å². The van der Waals surface area contributed by atoms with Crippen molar-refractivity contribution in [2.24, 2.45) is 0 Å². The molecule has 4 heteroatoms. The van der Waals surface area contributed by atoms with Crippen molar-refractivity contribution in [1.82, 2.24) is 5.32 Å². The van der Waals surface area contributed by atoms with Gasteiger partial charge in [0.05, 0.1) is 16.0 Å². The van der Waals surface area contributed by atoms with Crippen molar-refractivity contribution >= 4 is 27.3 Å². The highest BCUT2D eigenvalue weighted by molar-refractivity contribution is 9.11. The second kappa shape index (κ2) is 5.43. The van der Waals surface area contributed by atoms with E-state index < -0.39 is 0 Å². The molecule has 1 fully saturated rings. The Balaban J connectivity index is 1.88. The Morgan fingerprint density at radius 2 is 2.20 bits per heavy atom. The fraction of sp³-hybridized carbons (Fsp3) is 0.636. The molecule has 0 aliphatic carbocycles. The van der Waals surface area contributed by atoms with Gasteiger partial charge in [-0.25, -0.2) is 0 Å². The van der Waals surface area contributed by atoms with Gasteiger partial charge in [0.25, 0.3) is 0 Å². The highest BCUT2D eigenvalue weighted by Gasteiger charge is 2.18. The van der Waals surface area contributed by atoms with Crippen molar-refractivity contribution in [1.29, 1.82) is 0 Å². The molecular weight excluding hydrogens is 274 g/mol. The minimum atomic E-state index is 0.226. The monoisotopic (exact) mass is 289 g/mol. The molecule has 0 radical (unpaired) electrons. The summed E-state index contributed by atoms with van der Waals surface area (Å²) in [4.78, 5) is 1.31. The molecule has 0 spiro atoms. The average molecular weight is 290 g/mol. The molecule has 2 rings (SSSR count). The predicted octanol–water partition coefficient (Wildman–Crippen LogP) is 3.34. The Labute approximate surface area is 103 Å². The molecule has 1 aliphatic rings. The van der Waals surface area contributed by atoms with Gasteiger partial charge in [0, 0.05) is 4.88 Å². The number of rotatable bonds is 3. The van der Waals surface area contributed by atoms with Crippen LogP contribution in [0, 0.1) is 0 Å². The van der Waals surface area contributed by atoms with Crippen LogP contribution >= 0.6 is 27.3 Å². The zero-order valence-corrected chi connectivity index (χ0v) is 11.2. The van der Waals surface area contributed by atoms with Gasteiger partial charge in [-0.1, -0.05) is 0 Å². The van der Waals surface area contributed by atoms with E-state index in [-0.39, 0.29) is 6.10 Å². The Hall–Kier alpha value is 0.1000. The highest BCUT2D eigenvalue weighted by atomic mass is 79.9. The largest absolute Gasteiger partial charge is 0.370 e. The summed E-state index contributed by atoms with van der Waals surface area (Å²) in [5, 5.41) is 3.35. The van der Waals surface area contributed by atoms with Gasteiger partial charge in [-0.15, -0.1) is 11.3 Å². The molecule has 1 aromatic heterocycles. The molecule has 1 N–H and O–H groups in total. The van der Waals surface area contributed by atoms with Crippen molar-refractivity contribution in [2.75, 3.05) is 13.1 Å². The van der Waals surface area contributed by atoms with Crippen LogP contribution in [0.25, 0.3) is 0 Å². The van der Waals surface area contributed by atoms with Gasteiger partial charge in [0.1, 0.15) is 0 Å². The zero-order valence-electron chi connectivity index (χ0n) is 8.83. The zero-order chi connectivity index (χ0) is 10.7. The summed E-state index contributed by atoms with van der Waals surface area (Å²) < 4.78 is 7.22. The van der Waals surface area contributed by atoms with Crippen LogP contribution in [-0.2, 0) is 4.74 Å². The maximum atomic E-state index is 6.04. The van der Waals surface area contributed by atoms with E-state index in [0.29, 0.717) is 6.10 Å². The Kier molecular flexibility index (Phi) is 4.20. The first kappa shape index (κ1) is 11.6. The quantitative estimate of drug-likeness (QED) is 0.922. The summed E-state index contributed by atoms with van der Waals surface area (Å²) >= 11 is 5.24. The maximum Gasteiger partial charge on any atom is 0.0892 e. The summed E-state index contributed by atoms with van der Waals surface area (Å²) in [5.41, 5.74) is 0. The first-order valence-corrected chi connectivity index (χ1v) is 6.98. The molecule has 84 valence electrons. The van der Waals surface area contributed by atoms with E-state index in [0.717, 1.165) is 25.9 Å². The molecule has 1 saturated heterocycles. The molecule has 0 bridgehead atoms. The molecule has 0 amide bonds. The Morgan fingerprint density at radius 1 is 1.47 bits per heavy atom. The van der Waals surface area contributed by atoms with Gasteiger partial charge in [-0.05, 0) is 60.9 Å². The first-order chi connectivity index (χ1) is 7.25.